The molecule has 0 aromatic heterocycles. The fourth-order valence-corrected chi connectivity index (χ4v) is 2.97. The van der Waals surface area contributed by atoms with Crippen LogP contribution in [0.2, 0.25) is 0 Å². The molecule has 0 aliphatic carbocycles. The Morgan fingerprint density at radius 2 is 2.14 bits per heavy atom. The lowest BCUT2D eigenvalue weighted by Gasteiger charge is -2.37. The molecule has 0 radical (unpaired) electrons. The number of carbonyl (C=O) groups is 2. The molecule has 6 nitrogen and oxygen atoms in total. The van der Waals surface area contributed by atoms with Gasteiger partial charge < -0.3 is 20.7 Å². The Kier molecular flexibility index (Phi) is 3.90. The van der Waals surface area contributed by atoms with Crippen molar-refractivity contribution in [2.45, 2.75) is 18.6 Å². The molecule has 2 aliphatic heterocycles. The molecule has 2 unspecified atom stereocenters. The highest BCUT2D eigenvalue weighted by Crippen LogP contribution is 2.29. The summed E-state index contributed by atoms with van der Waals surface area (Å²) in [5, 5.41) is 3.09. The molecule has 112 valence electrons. The number of rotatable bonds is 2. The van der Waals surface area contributed by atoms with Crippen LogP contribution in [0.1, 0.15) is 17.2 Å². The summed E-state index contributed by atoms with van der Waals surface area (Å²) in [5.41, 5.74) is 7.44. The predicted molar refractivity (Wildman–Crippen MR) is 76.4 cm³/mol. The molecule has 1 aromatic rings. The van der Waals surface area contributed by atoms with Gasteiger partial charge in [0.05, 0.1) is 6.61 Å². The number of amides is 2. The van der Waals surface area contributed by atoms with Crippen LogP contribution in [0.4, 0.5) is 0 Å². The molecule has 2 amide bonds. The van der Waals surface area contributed by atoms with E-state index in [0.717, 1.165) is 17.5 Å². The highest BCUT2D eigenvalue weighted by atomic mass is 16.5. The van der Waals surface area contributed by atoms with E-state index in [0.29, 0.717) is 26.2 Å². The molecule has 2 aliphatic rings. The van der Waals surface area contributed by atoms with Crippen molar-refractivity contribution in [2.75, 3.05) is 26.2 Å². The van der Waals surface area contributed by atoms with E-state index in [9.17, 15) is 9.59 Å². The lowest BCUT2D eigenvalue weighted by molar-refractivity contribution is -0.151. The van der Waals surface area contributed by atoms with Crippen LogP contribution in [0.5, 0.6) is 0 Å². The average Bonchev–Trinajstić information content (AvgIpc) is 2.53. The van der Waals surface area contributed by atoms with Crippen LogP contribution in [-0.4, -0.2) is 49.0 Å². The van der Waals surface area contributed by atoms with Gasteiger partial charge in [0.1, 0.15) is 6.04 Å². The van der Waals surface area contributed by atoms with Gasteiger partial charge in [-0.1, -0.05) is 24.3 Å². The summed E-state index contributed by atoms with van der Waals surface area (Å²) in [5.74, 6) is -0.660. The molecule has 2 atom stereocenters. The van der Waals surface area contributed by atoms with E-state index >= 15 is 0 Å². The summed E-state index contributed by atoms with van der Waals surface area (Å²) in [4.78, 5) is 25.9. The van der Waals surface area contributed by atoms with Crippen LogP contribution >= 0.6 is 0 Å². The van der Waals surface area contributed by atoms with Gasteiger partial charge in [-0.3, -0.25) is 9.59 Å². The molecular weight excluding hydrogens is 270 g/mol. The molecule has 3 N–H and O–H groups in total. The van der Waals surface area contributed by atoms with E-state index in [-0.39, 0.29) is 5.91 Å². The number of benzene rings is 1. The molecule has 2 heterocycles. The minimum Gasteiger partial charge on any atom is -0.368 e. The molecule has 3 rings (SSSR count). The number of hydrogen-bond acceptors (Lipinski definition) is 4. The number of carbonyl (C=O) groups excluding carboxylic acids is 2. The molecule has 0 spiro atoms. The summed E-state index contributed by atoms with van der Waals surface area (Å²) >= 11 is 0. The van der Waals surface area contributed by atoms with Crippen LogP contribution in [0.3, 0.4) is 0 Å². The van der Waals surface area contributed by atoms with Crippen LogP contribution in [-0.2, 0) is 20.7 Å². The first-order valence-electron chi connectivity index (χ1n) is 7.18. The number of fused-ring (bicyclic) bond motifs is 1. The number of piperazine rings is 1. The SMILES string of the molecule is NC(=O)C1CNCCN1C(=O)C1OCCc2ccccc21. The molecule has 1 fully saturated rings. The van der Waals surface area contributed by atoms with Gasteiger partial charge >= 0.3 is 0 Å². The summed E-state index contributed by atoms with van der Waals surface area (Å²) in [6.07, 6.45) is 0.177. The van der Waals surface area contributed by atoms with Crippen molar-refractivity contribution >= 4 is 11.8 Å². The number of nitrogens with two attached hydrogens (primary N) is 1. The number of nitrogens with zero attached hydrogens (tertiary/aromatic N) is 1. The van der Waals surface area contributed by atoms with Crippen molar-refractivity contribution < 1.29 is 14.3 Å². The number of nitrogens with one attached hydrogen (secondary N) is 1. The first-order chi connectivity index (χ1) is 10.2. The molecule has 6 heteroatoms. The Balaban J connectivity index is 1.86. The van der Waals surface area contributed by atoms with E-state index in [4.69, 9.17) is 10.5 Å². The molecule has 0 saturated carbocycles. The van der Waals surface area contributed by atoms with Crippen LogP contribution in [0.15, 0.2) is 24.3 Å². The summed E-state index contributed by atoms with van der Waals surface area (Å²) < 4.78 is 5.68. The topological polar surface area (TPSA) is 84.7 Å². The van der Waals surface area contributed by atoms with Crippen molar-refractivity contribution in [2.24, 2.45) is 5.73 Å². The van der Waals surface area contributed by atoms with Crippen LogP contribution < -0.4 is 11.1 Å². The van der Waals surface area contributed by atoms with Gasteiger partial charge in [-0.25, -0.2) is 0 Å². The minimum atomic E-state index is -0.630. The summed E-state index contributed by atoms with van der Waals surface area (Å²) in [6, 6.07) is 7.18. The lowest BCUT2D eigenvalue weighted by atomic mass is 9.96. The molecule has 1 aromatic carbocycles. The van der Waals surface area contributed by atoms with Gasteiger partial charge in [0.2, 0.25) is 5.91 Å². The smallest absolute Gasteiger partial charge is 0.257 e. The van der Waals surface area contributed by atoms with Crippen molar-refractivity contribution in [3.63, 3.8) is 0 Å². The second-order valence-electron chi connectivity index (χ2n) is 5.35. The third-order valence-corrected chi connectivity index (χ3v) is 4.07. The fourth-order valence-electron chi connectivity index (χ4n) is 2.97. The third kappa shape index (κ3) is 2.64. The molecule has 1 saturated heterocycles. The van der Waals surface area contributed by atoms with Gasteiger partial charge in [0.15, 0.2) is 6.10 Å². The largest absolute Gasteiger partial charge is 0.368 e. The number of primary amides is 1. The second-order valence-corrected chi connectivity index (χ2v) is 5.35. The molecule has 0 bridgehead atoms. The Labute approximate surface area is 123 Å². The van der Waals surface area contributed by atoms with Crippen LogP contribution in [0.25, 0.3) is 0 Å². The zero-order valence-corrected chi connectivity index (χ0v) is 11.7. The lowest BCUT2D eigenvalue weighted by Crippen LogP contribution is -2.59. The highest BCUT2D eigenvalue weighted by Gasteiger charge is 2.37. The Morgan fingerprint density at radius 1 is 1.33 bits per heavy atom. The van der Waals surface area contributed by atoms with E-state index in [2.05, 4.69) is 5.32 Å². The predicted octanol–water partition coefficient (Wildman–Crippen LogP) is -0.414. The van der Waals surface area contributed by atoms with E-state index < -0.39 is 18.1 Å². The van der Waals surface area contributed by atoms with Gasteiger partial charge in [0, 0.05) is 19.6 Å². The Hall–Kier alpha value is -1.92. The second kappa shape index (κ2) is 5.83. The van der Waals surface area contributed by atoms with Gasteiger partial charge in [-0.2, -0.15) is 0 Å². The normalized spacial score (nSPS) is 25.2. The van der Waals surface area contributed by atoms with Gasteiger partial charge in [-0.15, -0.1) is 0 Å². The third-order valence-electron chi connectivity index (χ3n) is 4.07. The first kappa shape index (κ1) is 14.0. The highest BCUT2D eigenvalue weighted by molar-refractivity contribution is 5.90. The first-order valence-corrected chi connectivity index (χ1v) is 7.18. The van der Waals surface area contributed by atoms with Crippen LogP contribution in [0, 0.1) is 0 Å². The number of hydrogen-bond donors (Lipinski definition) is 2. The molecule has 21 heavy (non-hydrogen) atoms. The molecular formula is C15H19N3O3. The maximum absolute atomic E-state index is 12.8. The zero-order valence-electron chi connectivity index (χ0n) is 11.7. The standard InChI is InChI=1S/C15H19N3O3/c16-14(19)12-9-17-6-7-18(12)15(20)13-11-4-2-1-3-10(11)5-8-21-13/h1-4,12-13,17H,5-9H2,(H2,16,19). The maximum Gasteiger partial charge on any atom is 0.257 e. The van der Waals surface area contributed by atoms with E-state index in [1.165, 1.54) is 0 Å². The summed E-state index contributed by atoms with van der Waals surface area (Å²) in [7, 11) is 0. The van der Waals surface area contributed by atoms with Gasteiger partial charge in [-0.05, 0) is 17.5 Å². The van der Waals surface area contributed by atoms with E-state index in [1.54, 1.807) is 4.90 Å². The van der Waals surface area contributed by atoms with Crippen molar-refractivity contribution in [3.8, 4) is 0 Å². The Morgan fingerprint density at radius 3 is 2.95 bits per heavy atom. The van der Waals surface area contributed by atoms with Crippen molar-refractivity contribution in [1.82, 2.24) is 10.2 Å². The van der Waals surface area contributed by atoms with Crippen molar-refractivity contribution in [3.05, 3.63) is 35.4 Å². The maximum atomic E-state index is 12.8. The van der Waals surface area contributed by atoms with Crippen molar-refractivity contribution in [1.29, 1.82) is 0 Å². The van der Waals surface area contributed by atoms with Gasteiger partial charge in [0.25, 0.3) is 5.91 Å². The zero-order chi connectivity index (χ0) is 14.8. The average molecular weight is 289 g/mol. The fraction of sp³-hybridized carbons (Fsp3) is 0.467. The number of ether oxygens (including phenoxy) is 1. The minimum absolute atomic E-state index is 0.174. The monoisotopic (exact) mass is 289 g/mol. The quantitative estimate of drug-likeness (QED) is 0.775. The summed E-state index contributed by atoms with van der Waals surface area (Å²) in [6.45, 7) is 2.04. The Bertz CT molecular complexity index is 561. The van der Waals surface area contributed by atoms with E-state index in [1.807, 2.05) is 24.3 Å².